The van der Waals surface area contributed by atoms with Crippen LogP contribution in [0.1, 0.15) is 5.56 Å². The molecule has 0 amide bonds. The summed E-state index contributed by atoms with van der Waals surface area (Å²) in [5, 5.41) is 10.9. The van der Waals surface area contributed by atoms with Crippen molar-refractivity contribution < 1.29 is 5.11 Å². The first-order valence-corrected chi connectivity index (χ1v) is 6.92. The quantitative estimate of drug-likeness (QED) is 0.799. The number of hydrogen-bond donors (Lipinski definition) is 1. The Balaban J connectivity index is 1.74. The van der Waals surface area contributed by atoms with Gasteiger partial charge in [0.25, 0.3) is 0 Å². The third-order valence-electron chi connectivity index (χ3n) is 3.30. The van der Waals surface area contributed by atoms with Crippen molar-refractivity contribution in [1.29, 1.82) is 0 Å². The third-order valence-corrected chi connectivity index (χ3v) is 3.53. The van der Waals surface area contributed by atoms with Gasteiger partial charge in [0.15, 0.2) is 0 Å². The van der Waals surface area contributed by atoms with Gasteiger partial charge >= 0.3 is 0 Å². The molecule has 3 aromatic rings. The lowest BCUT2D eigenvalue weighted by Gasteiger charge is -2.12. The molecule has 0 saturated heterocycles. The topological polar surface area (TPSA) is 38.0 Å². The van der Waals surface area contributed by atoms with E-state index in [0.29, 0.717) is 18.0 Å². The van der Waals surface area contributed by atoms with Crippen LogP contribution in [0.5, 0.6) is 0 Å². The number of rotatable bonds is 4. The van der Waals surface area contributed by atoms with Crippen LogP contribution in [0.4, 0.5) is 0 Å². The number of imidazole rings is 1. The molecule has 20 heavy (non-hydrogen) atoms. The van der Waals surface area contributed by atoms with Crippen LogP contribution in [0.25, 0.3) is 11.0 Å². The van der Waals surface area contributed by atoms with Gasteiger partial charge in [0, 0.05) is 11.4 Å². The van der Waals surface area contributed by atoms with E-state index in [-0.39, 0.29) is 0 Å². The van der Waals surface area contributed by atoms with E-state index in [1.807, 2.05) is 53.1 Å². The molecule has 0 aliphatic rings. The van der Waals surface area contributed by atoms with E-state index >= 15 is 0 Å². The second-order valence-corrected chi connectivity index (χ2v) is 5.31. The van der Waals surface area contributed by atoms with Gasteiger partial charge in [-0.05, 0) is 29.8 Å². The zero-order valence-electron chi connectivity index (χ0n) is 10.9. The number of nitrogens with zero attached hydrogens (tertiary/aromatic N) is 2. The summed E-state index contributed by atoms with van der Waals surface area (Å²) < 4.78 is 1.98. The summed E-state index contributed by atoms with van der Waals surface area (Å²) in [6, 6.07) is 15.5. The van der Waals surface area contributed by atoms with E-state index in [9.17, 15) is 5.11 Å². The smallest absolute Gasteiger partial charge is 0.0959 e. The van der Waals surface area contributed by atoms with Crippen LogP contribution >= 0.6 is 11.6 Å². The van der Waals surface area contributed by atoms with Crippen molar-refractivity contribution in [2.45, 2.75) is 19.1 Å². The van der Waals surface area contributed by atoms with Gasteiger partial charge in [-0.3, -0.25) is 0 Å². The van der Waals surface area contributed by atoms with Crippen LogP contribution in [0, 0.1) is 0 Å². The molecule has 1 heterocycles. The molecule has 1 aromatic heterocycles. The predicted molar refractivity (Wildman–Crippen MR) is 80.9 cm³/mol. The summed E-state index contributed by atoms with van der Waals surface area (Å²) in [7, 11) is 0. The Hall–Kier alpha value is -1.84. The molecular weight excluding hydrogens is 272 g/mol. The van der Waals surface area contributed by atoms with Crippen molar-refractivity contribution in [3.8, 4) is 0 Å². The molecule has 102 valence electrons. The maximum Gasteiger partial charge on any atom is 0.0959 e. The molecule has 0 bridgehead atoms. The van der Waals surface area contributed by atoms with Crippen LogP contribution in [0.2, 0.25) is 5.02 Å². The highest BCUT2D eigenvalue weighted by atomic mass is 35.5. The fraction of sp³-hybridized carbons (Fsp3) is 0.188. The van der Waals surface area contributed by atoms with Gasteiger partial charge < -0.3 is 9.67 Å². The summed E-state index contributed by atoms with van der Waals surface area (Å²) in [6.07, 6.45) is 1.88. The number of aliphatic hydroxyl groups is 1. The van der Waals surface area contributed by atoms with Crippen LogP contribution in [0.3, 0.4) is 0 Å². The standard InChI is InChI=1S/C16H15ClN2O/c17-13-5-3-4-12(8-13)9-14(20)10-19-11-18-15-6-1-2-7-16(15)19/h1-8,11,14,20H,9-10H2. The molecule has 0 saturated carbocycles. The molecule has 3 rings (SSSR count). The van der Waals surface area contributed by atoms with E-state index in [1.165, 1.54) is 0 Å². The Kier molecular flexibility index (Phi) is 3.72. The molecule has 0 aliphatic carbocycles. The van der Waals surface area contributed by atoms with Crippen LogP contribution in [0.15, 0.2) is 54.9 Å². The van der Waals surface area contributed by atoms with E-state index < -0.39 is 6.10 Å². The Morgan fingerprint density at radius 3 is 2.85 bits per heavy atom. The van der Waals surface area contributed by atoms with Gasteiger partial charge in [-0.1, -0.05) is 35.9 Å². The molecule has 1 N–H and O–H groups in total. The monoisotopic (exact) mass is 286 g/mol. The maximum absolute atomic E-state index is 10.2. The fourth-order valence-electron chi connectivity index (χ4n) is 2.38. The lowest BCUT2D eigenvalue weighted by Crippen LogP contribution is -2.18. The minimum Gasteiger partial charge on any atom is -0.391 e. The number of aliphatic hydroxyl groups excluding tert-OH is 1. The summed E-state index contributed by atoms with van der Waals surface area (Å²) in [5.74, 6) is 0. The minimum absolute atomic E-state index is 0.467. The summed E-state index contributed by atoms with van der Waals surface area (Å²) in [5.41, 5.74) is 3.02. The number of aromatic nitrogens is 2. The minimum atomic E-state index is -0.467. The molecule has 0 fully saturated rings. The van der Waals surface area contributed by atoms with E-state index in [1.54, 1.807) is 6.33 Å². The molecule has 4 heteroatoms. The van der Waals surface area contributed by atoms with Crippen molar-refractivity contribution >= 4 is 22.6 Å². The Labute approximate surface area is 122 Å². The lowest BCUT2D eigenvalue weighted by molar-refractivity contribution is 0.155. The van der Waals surface area contributed by atoms with Crippen molar-refractivity contribution in [3.63, 3.8) is 0 Å². The Morgan fingerprint density at radius 1 is 1.15 bits per heavy atom. The average Bonchev–Trinajstić information content (AvgIpc) is 2.82. The summed E-state index contributed by atoms with van der Waals surface area (Å²) >= 11 is 5.95. The highest BCUT2D eigenvalue weighted by Crippen LogP contribution is 2.15. The van der Waals surface area contributed by atoms with Crippen LogP contribution < -0.4 is 0 Å². The van der Waals surface area contributed by atoms with Gasteiger partial charge in [-0.15, -0.1) is 0 Å². The first kappa shape index (κ1) is 13.2. The van der Waals surface area contributed by atoms with Gasteiger partial charge in [-0.25, -0.2) is 4.98 Å². The zero-order valence-corrected chi connectivity index (χ0v) is 11.7. The van der Waals surface area contributed by atoms with Gasteiger partial charge in [0.1, 0.15) is 0 Å². The first-order valence-electron chi connectivity index (χ1n) is 6.55. The van der Waals surface area contributed by atoms with Crippen molar-refractivity contribution in [2.24, 2.45) is 0 Å². The highest BCUT2D eigenvalue weighted by Gasteiger charge is 2.09. The van der Waals surface area contributed by atoms with Gasteiger partial charge in [0.2, 0.25) is 0 Å². The molecule has 0 radical (unpaired) electrons. The molecular formula is C16H15ClN2O. The second-order valence-electron chi connectivity index (χ2n) is 4.87. The predicted octanol–water partition coefficient (Wildman–Crippen LogP) is 3.29. The van der Waals surface area contributed by atoms with E-state index in [4.69, 9.17) is 11.6 Å². The van der Waals surface area contributed by atoms with Crippen molar-refractivity contribution in [1.82, 2.24) is 9.55 Å². The molecule has 3 nitrogen and oxygen atoms in total. The summed E-state index contributed by atoms with van der Waals surface area (Å²) in [6.45, 7) is 0.521. The first-order chi connectivity index (χ1) is 9.72. The molecule has 1 unspecified atom stereocenters. The summed E-state index contributed by atoms with van der Waals surface area (Å²) in [4.78, 5) is 4.32. The van der Waals surface area contributed by atoms with Crippen LogP contribution in [-0.2, 0) is 13.0 Å². The molecule has 2 aromatic carbocycles. The van der Waals surface area contributed by atoms with Gasteiger partial charge in [-0.2, -0.15) is 0 Å². The van der Waals surface area contributed by atoms with E-state index in [0.717, 1.165) is 16.6 Å². The maximum atomic E-state index is 10.2. The SMILES string of the molecule is OC(Cc1cccc(Cl)c1)Cn1cnc2ccccc21. The number of benzene rings is 2. The second kappa shape index (κ2) is 5.65. The number of fused-ring (bicyclic) bond motifs is 1. The molecule has 0 spiro atoms. The zero-order chi connectivity index (χ0) is 13.9. The molecule has 0 aliphatic heterocycles. The number of hydrogen-bond acceptors (Lipinski definition) is 2. The largest absolute Gasteiger partial charge is 0.391 e. The Bertz CT molecular complexity index is 723. The Morgan fingerprint density at radius 2 is 2.00 bits per heavy atom. The van der Waals surface area contributed by atoms with E-state index in [2.05, 4.69) is 4.98 Å². The number of halogens is 1. The van der Waals surface area contributed by atoms with Gasteiger partial charge in [0.05, 0.1) is 30.0 Å². The highest BCUT2D eigenvalue weighted by molar-refractivity contribution is 6.30. The average molecular weight is 287 g/mol. The number of para-hydroxylation sites is 2. The third kappa shape index (κ3) is 2.84. The van der Waals surface area contributed by atoms with Crippen molar-refractivity contribution in [2.75, 3.05) is 0 Å². The normalized spacial score (nSPS) is 12.7. The molecule has 1 atom stereocenters. The van der Waals surface area contributed by atoms with Crippen molar-refractivity contribution in [3.05, 3.63) is 65.4 Å². The van der Waals surface area contributed by atoms with Crippen LogP contribution in [-0.4, -0.2) is 20.8 Å². The fourth-order valence-corrected chi connectivity index (χ4v) is 2.60. The lowest BCUT2D eigenvalue weighted by atomic mass is 10.1.